The van der Waals surface area contributed by atoms with E-state index in [1.54, 1.807) is 4.90 Å². The van der Waals surface area contributed by atoms with E-state index in [2.05, 4.69) is 6.07 Å². The van der Waals surface area contributed by atoms with Crippen molar-refractivity contribution in [3.63, 3.8) is 0 Å². The molecule has 136 valence electrons. The maximum Gasteiger partial charge on any atom is 0.223 e. The Bertz CT molecular complexity index is 782. The fraction of sp³-hybridized carbons (Fsp3) is 0.391. The zero-order valence-corrected chi connectivity index (χ0v) is 15.7. The van der Waals surface area contributed by atoms with Crippen molar-refractivity contribution in [2.24, 2.45) is 0 Å². The van der Waals surface area contributed by atoms with E-state index in [9.17, 15) is 9.59 Å². The van der Waals surface area contributed by atoms with Gasteiger partial charge in [0.1, 0.15) is 0 Å². The average Bonchev–Trinajstić information content (AvgIpc) is 2.70. The summed E-state index contributed by atoms with van der Waals surface area (Å²) in [5.41, 5.74) is 4.53. The number of ketones is 1. The van der Waals surface area contributed by atoms with Crippen LogP contribution in [0.25, 0.3) is 0 Å². The molecular formula is C23H27NO2. The van der Waals surface area contributed by atoms with Crippen molar-refractivity contribution < 1.29 is 9.59 Å². The molecule has 1 aliphatic carbocycles. The van der Waals surface area contributed by atoms with Gasteiger partial charge in [0.15, 0.2) is 5.78 Å². The van der Waals surface area contributed by atoms with Crippen LogP contribution in [0.3, 0.4) is 0 Å². The highest BCUT2D eigenvalue weighted by molar-refractivity contribution is 5.98. The number of carbonyl (C=O) groups is 2. The summed E-state index contributed by atoms with van der Waals surface area (Å²) in [6.45, 7) is 2.01. The van der Waals surface area contributed by atoms with Crippen LogP contribution in [0.4, 0.5) is 0 Å². The fourth-order valence-electron chi connectivity index (χ4n) is 3.62. The highest BCUT2D eigenvalue weighted by Gasteiger charge is 2.19. The first kappa shape index (κ1) is 18.4. The number of nitrogens with zero attached hydrogens (tertiary/aromatic N) is 1. The largest absolute Gasteiger partial charge is 0.339 e. The Labute approximate surface area is 156 Å². The minimum Gasteiger partial charge on any atom is -0.339 e. The minimum atomic E-state index is 0.00236. The molecule has 1 aliphatic rings. The summed E-state index contributed by atoms with van der Waals surface area (Å²) in [7, 11) is 1.81. The Kier molecular flexibility index (Phi) is 5.87. The summed E-state index contributed by atoms with van der Waals surface area (Å²) >= 11 is 0. The zero-order valence-electron chi connectivity index (χ0n) is 15.7. The van der Waals surface area contributed by atoms with Crippen LogP contribution >= 0.6 is 0 Å². The molecule has 0 heterocycles. The second-order valence-corrected chi connectivity index (χ2v) is 7.21. The number of hydrogen-bond donors (Lipinski definition) is 0. The van der Waals surface area contributed by atoms with Gasteiger partial charge >= 0.3 is 0 Å². The van der Waals surface area contributed by atoms with Crippen molar-refractivity contribution in [3.05, 3.63) is 70.8 Å². The first-order chi connectivity index (χ1) is 12.6. The van der Waals surface area contributed by atoms with Crippen LogP contribution in [0, 0.1) is 0 Å². The molecule has 0 aliphatic heterocycles. The normalized spacial score (nSPS) is 14.4. The van der Waals surface area contributed by atoms with Crippen LogP contribution in [0.15, 0.2) is 48.5 Å². The van der Waals surface area contributed by atoms with E-state index in [4.69, 9.17) is 0 Å². The van der Waals surface area contributed by atoms with Gasteiger partial charge in [-0.05, 0) is 55.4 Å². The standard InChI is InChI=1S/C23H27NO2/c1-17(18-8-4-3-5-9-18)24(2)23(26)15-14-22(25)21-13-12-19-10-6-7-11-20(19)16-21/h3-5,8-9,12-13,16-17H,6-7,10-11,14-15H2,1-2H3. The van der Waals surface area contributed by atoms with Crippen LogP contribution in [0.2, 0.25) is 0 Å². The monoisotopic (exact) mass is 349 g/mol. The molecule has 0 aromatic heterocycles. The van der Waals surface area contributed by atoms with Crippen molar-refractivity contribution in [1.29, 1.82) is 0 Å². The molecule has 1 amide bonds. The summed E-state index contributed by atoms with van der Waals surface area (Å²) in [4.78, 5) is 26.8. The summed E-state index contributed by atoms with van der Waals surface area (Å²) in [5, 5.41) is 0. The lowest BCUT2D eigenvalue weighted by molar-refractivity contribution is -0.131. The fourth-order valence-corrected chi connectivity index (χ4v) is 3.62. The maximum absolute atomic E-state index is 12.5. The molecule has 0 saturated carbocycles. The number of Topliss-reactive ketones (excluding diaryl/α,β-unsaturated/α-hetero) is 1. The van der Waals surface area contributed by atoms with Crippen LogP contribution in [-0.2, 0) is 17.6 Å². The van der Waals surface area contributed by atoms with Crippen LogP contribution in [-0.4, -0.2) is 23.6 Å². The second kappa shape index (κ2) is 8.31. The van der Waals surface area contributed by atoms with Gasteiger partial charge in [-0.3, -0.25) is 9.59 Å². The first-order valence-corrected chi connectivity index (χ1v) is 9.52. The van der Waals surface area contributed by atoms with Gasteiger partial charge in [0.2, 0.25) is 5.91 Å². The summed E-state index contributed by atoms with van der Waals surface area (Å²) < 4.78 is 0. The minimum absolute atomic E-state index is 0.00236. The molecule has 3 heteroatoms. The third-order valence-electron chi connectivity index (χ3n) is 5.49. The number of rotatable bonds is 6. The molecule has 2 aromatic rings. The molecular weight excluding hydrogens is 322 g/mol. The average molecular weight is 349 g/mol. The molecule has 0 spiro atoms. The molecule has 0 radical (unpaired) electrons. The lowest BCUT2D eigenvalue weighted by Crippen LogP contribution is -2.29. The summed E-state index contributed by atoms with van der Waals surface area (Å²) in [6, 6.07) is 16.0. The quantitative estimate of drug-likeness (QED) is 0.706. The molecule has 0 N–H and O–H groups in total. The molecule has 26 heavy (non-hydrogen) atoms. The van der Waals surface area contributed by atoms with Gasteiger partial charge < -0.3 is 4.90 Å². The number of fused-ring (bicyclic) bond motifs is 1. The van der Waals surface area contributed by atoms with Gasteiger partial charge in [-0.1, -0.05) is 42.5 Å². The smallest absolute Gasteiger partial charge is 0.223 e. The number of amides is 1. The van der Waals surface area contributed by atoms with Gasteiger partial charge in [0, 0.05) is 25.5 Å². The Morgan fingerprint density at radius 3 is 2.38 bits per heavy atom. The number of benzene rings is 2. The molecule has 1 atom stereocenters. The lowest BCUT2D eigenvalue weighted by Gasteiger charge is -2.25. The topological polar surface area (TPSA) is 37.4 Å². The third-order valence-corrected chi connectivity index (χ3v) is 5.49. The van der Waals surface area contributed by atoms with E-state index < -0.39 is 0 Å². The van der Waals surface area contributed by atoms with Crippen molar-refractivity contribution in [2.75, 3.05) is 7.05 Å². The van der Waals surface area contributed by atoms with Gasteiger partial charge in [0.25, 0.3) is 0 Å². The SMILES string of the molecule is CC(c1ccccc1)N(C)C(=O)CCC(=O)c1ccc2c(c1)CCCC2. The van der Waals surface area contributed by atoms with E-state index in [-0.39, 0.29) is 30.6 Å². The van der Waals surface area contributed by atoms with E-state index >= 15 is 0 Å². The molecule has 3 rings (SSSR count). The van der Waals surface area contributed by atoms with Crippen LogP contribution in [0.1, 0.15) is 65.7 Å². The van der Waals surface area contributed by atoms with Crippen LogP contribution in [0.5, 0.6) is 0 Å². The maximum atomic E-state index is 12.5. The highest BCUT2D eigenvalue weighted by atomic mass is 16.2. The van der Waals surface area contributed by atoms with Crippen molar-refractivity contribution >= 4 is 11.7 Å². The summed E-state index contributed by atoms with van der Waals surface area (Å²) in [5.74, 6) is 0.0696. The number of hydrogen-bond acceptors (Lipinski definition) is 2. The number of aryl methyl sites for hydroxylation is 2. The van der Waals surface area contributed by atoms with Crippen molar-refractivity contribution in [2.45, 2.75) is 51.5 Å². The van der Waals surface area contributed by atoms with Crippen molar-refractivity contribution in [3.8, 4) is 0 Å². The molecule has 0 saturated heterocycles. The Hall–Kier alpha value is -2.42. The van der Waals surface area contributed by atoms with Gasteiger partial charge in [-0.15, -0.1) is 0 Å². The Balaban J connectivity index is 1.58. The first-order valence-electron chi connectivity index (χ1n) is 9.52. The third kappa shape index (κ3) is 4.21. The molecule has 1 unspecified atom stereocenters. The van der Waals surface area contributed by atoms with E-state index in [0.717, 1.165) is 24.0 Å². The van der Waals surface area contributed by atoms with Gasteiger partial charge in [-0.25, -0.2) is 0 Å². The van der Waals surface area contributed by atoms with Crippen molar-refractivity contribution in [1.82, 2.24) is 4.90 Å². The van der Waals surface area contributed by atoms with Crippen LogP contribution < -0.4 is 0 Å². The van der Waals surface area contributed by atoms with Gasteiger partial charge in [-0.2, -0.15) is 0 Å². The summed E-state index contributed by atoms with van der Waals surface area (Å²) in [6.07, 6.45) is 5.14. The Morgan fingerprint density at radius 2 is 1.65 bits per heavy atom. The number of carbonyl (C=O) groups excluding carboxylic acids is 2. The molecule has 2 aromatic carbocycles. The predicted molar refractivity (Wildman–Crippen MR) is 104 cm³/mol. The molecule has 3 nitrogen and oxygen atoms in total. The van der Waals surface area contributed by atoms with Gasteiger partial charge in [0.05, 0.1) is 6.04 Å². The molecule has 0 fully saturated rings. The predicted octanol–water partition coefficient (Wildman–Crippen LogP) is 4.75. The Morgan fingerprint density at radius 1 is 0.962 bits per heavy atom. The zero-order chi connectivity index (χ0) is 18.5. The molecule has 0 bridgehead atoms. The van der Waals surface area contributed by atoms with E-state index in [0.29, 0.717) is 0 Å². The van der Waals surface area contributed by atoms with E-state index in [1.807, 2.05) is 56.4 Å². The highest BCUT2D eigenvalue weighted by Crippen LogP contribution is 2.23. The second-order valence-electron chi connectivity index (χ2n) is 7.21. The lowest BCUT2D eigenvalue weighted by atomic mass is 9.89. The van der Waals surface area contributed by atoms with E-state index in [1.165, 1.54) is 24.0 Å².